The van der Waals surface area contributed by atoms with Gasteiger partial charge in [0.15, 0.2) is 0 Å². The van der Waals surface area contributed by atoms with Crippen LogP contribution in [0, 0.1) is 11.3 Å². The number of ether oxygens (including phenoxy) is 1. The Kier molecular flexibility index (Phi) is 4.77. The summed E-state index contributed by atoms with van der Waals surface area (Å²) in [6, 6.07) is 7.91. The molecular weight excluding hydrogens is 202 g/mol. The number of nitrogens with one attached hydrogen (secondary N) is 1. The van der Waals surface area contributed by atoms with Crippen LogP contribution in [0.25, 0.3) is 0 Å². The molecule has 0 bridgehead atoms. The molecule has 16 heavy (non-hydrogen) atoms. The van der Waals surface area contributed by atoms with Crippen molar-refractivity contribution in [2.24, 2.45) is 5.73 Å². The molecular formula is C12H17N3O. The molecule has 0 saturated carbocycles. The lowest BCUT2D eigenvalue weighted by Crippen LogP contribution is -2.25. The Balaban J connectivity index is 2.86. The fraction of sp³-hybridized carbons (Fsp3) is 0.417. The summed E-state index contributed by atoms with van der Waals surface area (Å²) in [5, 5.41) is 12.2. The lowest BCUT2D eigenvalue weighted by Gasteiger charge is -2.14. The fourth-order valence-electron chi connectivity index (χ4n) is 1.50. The van der Waals surface area contributed by atoms with E-state index in [2.05, 4.69) is 11.4 Å². The molecule has 1 aromatic rings. The second-order valence-electron chi connectivity index (χ2n) is 3.54. The molecule has 0 heterocycles. The summed E-state index contributed by atoms with van der Waals surface area (Å²) >= 11 is 0. The van der Waals surface area contributed by atoms with Crippen molar-refractivity contribution in [3.63, 3.8) is 0 Å². The molecule has 1 rings (SSSR count). The van der Waals surface area contributed by atoms with E-state index in [1.54, 1.807) is 7.11 Å². The summed E-state index contributed by atoms with van der Waals surface area (Å²) < 4.78 is 5.09. The molecule has 86 valence electrons. The van der Waals surface area contributed by atoms with Crippen molar-refractivity contribution in [2.75, 3.05) is 20.2 Å². The highest BCUT2D eigenvalue weighted by Gasteiger charge is 2.08. The van der Waals surface area contributed by atoms with Gasteiger partial charge in [-0.25, -0.2) is 0 Å². The molecule has 0 amide bonds. The monoisotopic (exact) mass is 219 g/mol. The molecule has 3 N–H and O–H groups in total. The van der Waals surface area contributed by atoms with Crippen LogP contribution in [0.2, 0.25) is 0 Å². The van der Waals surface area contributed by atoms with E-state index in [4.69, 9.17) is 15.7 Å². The van der Waals surface area contributed by atoms with Crippen LogP contribution in [0.4, 0.5) is 0 Å². The van der Waals surface area contributed by atoms with Crippen LogP contribution in [0.1, 0.15) is 24.1 Å². The van der Waals surface area contributed by atoms with Crippen molar-refractivity contribution in [1.29, 1.82) is 5.26 Å². The second-order valence-corrected chi connectivity index (χ2v) is 3.54. The van der Waals surface area contributed by atoms with Gasteiger partial charge in [-0.1, -0.05) is 6.07 Å². The van der Waals surface area contributed by atoms with Crippen molar-refractivity contribution in [3.05, 3.63) is 29.3 Å². The largest absolute Gasteiger partial charge is 0.495 e. The van der Waals surface area contributed by atoms with Crippen LogP contribution in [-0.4, -0.2) is 20.2 Å². The van der Waals surface area contributed by atoms with Gasteiger partial charge in [-0.3, -0.25) is 0 Å². The molecule has 0 aromatic heterocycles. The fourth-order valence-corrected chi connectivity index (χ4v) is 1.50. The number of hydrogen-bond acceptors (Lipinski definition) is 4. The average Bonchev–Trinajstić information content (AvgIpc) is 2.34. The number of benzene rings is 1. The molecule has 0 fully saturated rings. The van der Waals surface area contributed by atoms with Crippen LogP contribution in [0.5, 0.6) is 5.75 Å². The first-order chi connectivity index (χ1) is 7.72. The van der Waals surface area contributed by atoms with Gasteiger partial charge in [0.1, 0.15) is 11.8 Å². The van der Waals surface area contributed by atoms with Crippen LogP contribution >= 0.6 is 0 Å². The van der Waals surface area contributed by atoms with Crippen molar-refractivity contribution < 1.29 is 4.74 Å². The van der Waals surface area contributed by atoms with E-state index in [9.17, 15) is 0 Å². The van der Waals surface area contributed by atoms with Gasteiger partial charge in [-0.15, -0.1) is 0 Å². The number of nitriles is 1. The Morgan fingerprint density at radius 3 is 2.88 bits per heavy atom. The summed E-state index contributed by atoms with van der Waals surface area (Å²) in [6.45, 7) is 3.40. The van der Waals surface area contributed by atoms with Crippen molar-refractivity contribution >= 4 is 0 Å². The molecule has 0 radical (unpaired) electrons. The quantitative estimate of drug-likeness (QED) is 0.780. The van der Waals surface area contributed by atoms with Gasteiger partial charge in [0.05, 0.1) is 12.7 Å². The minimum Gasteiger partial charge on any atom is -0.495 e. The molecule has 1 unspecified atom stereocenters. The van der Waals surface area contributed by atoms with Gasteiger partial charge < -0.3 is 15.8 Å². The first-order valence-corrected chi connectivity index (χ1v) is 5.24. The highest BCUT2D eigenvalue weighted by atomic mass is 16.5. The minimum absolute atomic E-state index is 0.182. The second kappa shape index (κ2) is 6.11. The van der Waals surface area contributed by atoms with Gasteiger partial charge in [0.2, 0.25) is 0 Å². The van der Waals surface area contributed by atoms with E-state index in [0.29, 0.717) is 17.9 Å². The van der Waals surface area contributed by atoms with Crippen molar-refractivity contribution in [3.8, 4) is 11.8 Å². The van der Waals surface area contributed by atoms with Crippen LogP contribution in [-0.2, 0) is 0 Å². The Morgan fingerprint density at radius 2 is 2.31 bits per heavy atom. The van der Waals surface area contributed by atoms with Gasteiger partial charge in [0, 0.05) is 19.1 Å². The molecule has 0 aliphatic heterocycles. The summed E-state index contributed by atoms with van der Waals surface area (Å²) in [4.78, 5) is 0. The standard InChI is InChI=1S/C12H17N3O/c1-9(15-6-5-13)10-3-4-12(16-2)11(7-10)8-14/h3-4,7,9,15H,5-6,13H2,1-2H3. The maximum atomic E-state index is 8.96. The van der Waals surface area contributed by atoms with Gasteiger partial charge in [-0.05, 0) is 24.6 Å². The molecule has 4 nitrogen and oxygen atoms in total. The van der Waals surface area contributed by atoms with Crippen molar-refractivity contribution in [2.45, 2.75) is 13.0 Å². The van der Waals surface area contributed by atoms with Gasteiger partial charge in [-0.2, -0.15) is 5.26 Å². The molecule has 0 saturated heterocycles. The molecule has 0 aliphatic rings. The molecule has 0 spiro atoms. The Labute approximate surface area is 96.0 Å². The van der Waals surface area contributed by atoms with Crippen molar-refractivity contribution in [1.82, 2.24) is 5.32 Å². The van der Waals surface area contributed by atoms with Gasteiger partial charge >= 0.3 is 0 Å². The first kappa shape index (κ1) is 12.5. The Bertz CT molecular complexity index is 384. The maximum absolute atomic E-state index is 8.96. The summed E-state index contributed by atoms with van der Waals surface area (Å²) in [6.07, 6.45) is 0. The Hall–Kier alpha value is -1.57. The van der Waals surface area contributed by atoms with Crippen LogP contribution < -0.4 is 15.8 Å². The summed E-state index contributed by atoms with van der Waals surface area (Å²) in [5.41, 5.74) is 7.04. The summed E-state index contributed by atoms with van der Waals surface area (Å²) in [7, 11) is 1.56. The highest BCUT2D eigenvalue weighted by Crippen LogP contribution is 2.22. The molecule has 0 aliphatic carbocycles. The third-order valence-corrected chi connectivity index (χ3v) is 2.44. The average molecular weight is 219 g/mol. The topological polar surface area (TPSA) is 71.1 Å². The van der Waals surface area contributed by atoms with Crippen LogP contribution in [0.15, 0.2) is 18.2 Å². The number of hydrogen-bond donors (Lipinski definition) is 2. The Morgan fingerprint density at radius 1 is 1.56 bits per heavy atom. The SMILES string of the molecule is COc1ccc(C(C)NCCN)cc1C#N. The third-order valence-electron chi connectivity index (χ3n) is 2.44. The zero-order valence-electron chi connectivity index (χ0n) is 9.66. The van der Waals surface area contributed by atoms with Gasteiger partial charge in [0.25, 0.3) is 0 Å². The van der Waals surface area contributed by atoms with E-state index in [0.717, 1.165) is 12.1 Å². The molecule has 1 atom stereocenters. The predicted octanol–water partition coefficient (Wildman–Crippen LogP) is 1.18. The normalized spacial score (nSPS) is 11.9. The van der Waals surface area contributed by atoms with E-state index in [1.165, 1.54) is 0 Å². The maximum Gasteiger partial charge on any atom is 0.136 e. The highest BCUT2D eigenvalue weighted by molar-refractivity contribution is 5.46. The summed E-state index contributed by atoms with van der Waals surface area (Å²) in [5.74, 6) is 0.609. The van der Waals surface area contributed by atoms with E-state index < -0.39 is 0 Å². The zero-order chi connectivity index (χ0) is 12.0. The third kappa shape index (κ3) is 2.96. The van der Waals surface area contributed by atoms with E-state index >= 15 is 0 Å². The van der Waals surface area contributed by atoms with E-state index in [1.807, 2.05) is 25.1 Å². The first-order valence-electron chi connectivity index (χ1n) is 5.24. The number of methoxy groups -OCH3 is 1. The molecule has 1 aromatic carbocycles. The lowest BCUT2D eigenvalue weighted by molar-refractivity contribution is 0.413. The minimum atomic E-state index is 0.182. The number of rotatable bonds is 5. The van der Waals surface area contributed by atoms with Crippen LogP contribution in [0.3, 0.4) is 0 Å². The smallest absolute Gasteiger partial charge is 0.136 e. The van der Waals surface area contributed by atoms with E-state index in [-0.39, 0.29) is 6.04 Å². The lowest BCUT2D eigenvalue weighted by atomic mass is 10.0. The molecule has 4 heteroatoms. The zero-order valence-corrected chi connectivity index (χ0v) is 9.66. The number of nitrogens with two attached hydrogens (primary N) is 1. The predicted molar refractivity (Wildman–Crippen MR) is 63.2 cm³/mol. The number of nitrogens with zero attached hydrogens (tertiary/aromatic N) is 1.